The number of carbonyl (C=O) groups is 2. The highest BCUT2D eigenvalue weighted by Gasteiger charge is 2.22. The van der Waals surface area contributed by atoms with E-state index in [1.165, 1.54) is 218 Å². The Morgan fingerprint density at radius 2 is 0.695 bits per heavy atom. The molecular formula is C72H132NO8P. The van der Waals surface area contributed by atoms with Gasteiger partial charge < -0.3 is 27.9 Å². The number of rotatable bonds is 64. The van der Waals surface area contributed by atoms with E-state index >= 15 is 0 Å². The third-order valence-corrected chi connectivity index (χ3v) is 16.2. The minimum absolute atomic E-state index is 0.0316. The maximum atomic E-state index is 12.9. The Bertz CT molecular complexity index is 1610. The molecule has 0 aromatic heterocycles. The van der Waals surface area contributed by atoms with Crippen molar-refractivity contribution in [3.63, 3.8) is 0 Å². The molecule has 0 radical (unpaired) electrons. The fraction of sp³-hybridized carbons (Fsp3) is 0.806. The third-order valence-electron chi connectivity index (χ3n) is 15.2. The quantitative estimate of drug-likeness (QED) is 0.0195. The lowest BCUT2D eigenvalue weighted by molar-refractivity contribution is -0.870. The second kappa shape index (κ2) is 63.0. The van der Waals surface area contributed by atoms with Gasteiger partial charge in [-0.2, -0.15) is 0 Å². The van der Waals surface area contributed by atoms with Crippen molar-refractivity contribution in [2.45, 2.75) is 328 Å². The van der Waals surface area contributed by atoms with Crippen molar-refractivity contribution < 1.29 is 42.1 Å². The first-order valence-corrected chi connectivity index (χ1v) is 36.1. The lowest BCUT2D eigenvalue weighted by Crippen LogP contribution is -2.37. The van der Waals surface area contributed by atoms with Crippen molar-refractivity contribution in [3.8, 4) is 0 Å². The monoisotopic (exact) mass is 1170 g/mol. The minimum atomic E-state index is -4.64. The molecule has 0 aromatic rings. The summed E-state index contributed by atoms with van der Waals surface area (Å²) in [6.45, 7) is 4.17. The van der Waals surface area contributed by atoms with Crippen LogP contribution in [-0.2, 0) is 32.7 Å². The molecule has 0 spiro atoms. The molecule has 0 amide bonds. The fourth-order valence-corrected chi connectivity index (χ4v) is 10.6. The Hall–Kier alpha value is -2.55. The number of likely N-dealkylation sites (N-methyl/N-ethyl adjacent to an activating group) is 1. The highest BCUT2D eigenvalue weighted by Crippen LogP contribution is 2.38. The number of esters is 2. The van der Waals surface area contributed by atoms with Crippen molar-refractivity contribution in [2.75, 3.05) is 47.5 Å². The van der Waals surface area contributed by atoms with Gasteiger partial charge in [-0.05, 0) is 83.5 Å². The van der Waals surface area contributed by atoms with Gasteiger partial charge in [0.2, 0.25) is 0 Å². The average Bonchev–Trinajstić information content (AvgIpc) is 3.45. The fourth-order valence-electron chi connectivity index (χ4n) is 9.92. The molecule has 9 nitrogen and oxygen atoms in total. The summed E-state index contributed by atoms with van der Waals surface area (Å²) >= 11 is 0. The van der Waals surface area contributed by atoms with E-state index in [1.54, 1.807) is 0 Å². The number of phosphoric acid groups is 1. The smallest absolute Gasteiger partial charge is 0.306 e. The van der Waals surface area contributed by atoms with E-state index in [0.29, 0.717) is 17.4 Å². The van der Waals surface area contributed by atoms with Crippen LogP contribution >= 0.6 is 7.82 Å². The summed E-state index contributed by atoms with van der Waals surface area (Å²) < 4.78 is 34.3. The van der Waals surface area contributed by atoms with Crippen molar-refractivity contribution in [2.24, 2.45) is 0 Å². The van der Waals surface area contributed by atoms with E-state index in [-0.39, 0.29) is 32.0 Å². The molecular weight excluding hydrogens is 1040 g/mol. The first-order chi connectivity index (χ1) is 40.0. The topological polar surface area (TPSA) is 111 Å². The standard InChI is InChI=1S/C72H132NO8P/c1-6-8-10-12-14-16-18-20-22-24-26-28-30-32-34-36-38-40-42-44-46-48-50-52-54-56-58-60-62-64-71(74)78-68-70(69-80-82(76,77)79-67-66-73(3,4)5)81-72(75)65-63-61-59-57-55-53-51-49-47-45-43-41-39-37-35-33-31-29-27-25-23-21-19-17-15-13-11-9-7-2/h9,11,15,17,21,23-24,26-27,29,33,35,70H,6-8,10,12-14,16,18-20,22,25,28,30-32,34,36-69H2,1-5H3/b11-9-,17-15-,23-21-,26-24-,29-27-,35-33-. The Morgan fingerprint density at radius 3 is 1.05 bits per heavy atom. The Kier molecular flexibility index (Phi) is 61.0. The van der Waals surface area contributed by atoms with E-state index in [9.17, 15) is 19.0 Å². The molecule has 0 saturated carbocycles. The molecule has 0 saturated heterocycles. The summed E-state index contributed by atoms with van der Waals surface area (Å²) in [4.78, 5) is 38.1. The number of ether oxygens (including phenoxy) is 2. The number of hydrogen-bond acceptors (Lipinski definition) is 8. The van der Waals surface area contributed by atoms with E-state index < -0.39 is 26.5 Å². The van der Waals surface area contributed by atoms with Gasteiger partial charge in [-0.15, -0.1) is 0 Å². The lowest BCUT2D eigenvalue weighted by Gasteiger charge is -2.28. The minimum Gasteiger partial charge on any atom is -0.756 e. The number of unbranched alkanes of at least 4 members (excludes halogenated alkanes) is 38. The van der Waals surface area contributed by atoms with Gasteiger partial charge in [-0.1, -0.05) is 299 Å². The second-order valence-corrected chi connectivity index (χ2v) is 25.9. The predicted octanol–water partition coefficient (Wildman–Crippen LogP) is 21.8. The van der Waals surface area contributed by atoms with Crippen LogP contribution in [0.25, 0.3) is 0 Å². The molecule has 0 N–H and O–H groups in total. The van der Waals surface area contributed by atoms with Crippen LogP contribution in [0.3, 0.4) is 0 Å². The van der Waals surface area contributed by atoms with Crippen LogP contribution in [0.1, 0.15) is 322 Å². The van der Waals surface area contributed by atoms with Crippen molar-refractivity contribution in [3.05, 3.63) is 72.9 Å². The Labute approximate surface area is 508 Å². The molecule has 478 valence electrons. The maximum Gasteiger partial charge on any atom is 0.306 e. The zero-order valence-corrected chi connectivity index (χ0v) is 55.3. The third kappa shape index (κ3) is 66.6. The molecule has 2 unspecified atom stereocenters. The van der Waals surface area contributed by atoms with E-state index in [0.717, 1.165) is 70.6 Å². The first-order valence-electron chi connectivity index (χ1n) is 34.6. The first kappa shape index (κ1) is 79.5. The van der Waals surface area contributed by atoms with E-state index in [2.05, 4.69) is 86.8 Å². The van der Waals surface area contributed by atoms with Gasteiger partial charge in [0.1, 0.15) is 19.8 Å². The maximum absolute atomic E-state index is 12.9. The molecule has 10 heteroatoms. The zero-order chi connectivity index (χ0) is 59.8. The molecule has 0 bridgehead atoms. The summed E-state index contributed by atoms with van der Waals surface area (Å²) in [5.74, 6) is -0.822. The van der Waals surface area contributed by atoms with Gasteiger partial charge in [0.05, 0.1) is 27.7 Å². The molecule has 0 fully saturated rings. The molecule has 0 aromatic carbocycles. The lowest BCUT2D eigenvalue weighted by atomic mass is 10.0. The highest BCUT2D eigenvalue weighted by molar-refractivity contribution is 7.45. The van der Waals surface area contributed by atoms with Gasteiger partial charge in [-0.3, -0.25) is 14.2 Å². The van der Waals surface area contributed by atoms with Gasteiger partial charge in [-0.25, -0.2) is 0 Å². The van der Waals surface area contributed by atoms with Crippen LogP contribution in [0.15, 0.2) is 72.9 Å². The number of nitrogens with zero attached hydrogens (tertiary/aromatic N) is 1. The van der Waals surface area contributed by atoms with Crippen LogP contribution in [0, 0.1) is 0 Å². The van der Waals surface area contributed by atoms with E-state index in [4.69, 9.17) is 18.5 Å². The highest BCUT2D eigenvalue weighted by atomic mass is 31.2. The summed E-state index contributed by atoms with van der Waals surface area (Å²) in [7, 11) is 1.17. The SMILES string of the molecule is CC/C=C\C/C=C\C/C=C\C/C=C\C/C=C\CCCCCCCCCCCCCCCC(=O)OC(COC(=O)CCCCCCCCCCCCCCCCCCC/C=C\CCCCCCCCCC)COP(=O)([O-])OCC[N+](C)(C)C. The molecule has 0 aliphatic heterocycles. The van der Waals surface area contributed by atoms with Crippen molar-refractivity contribution in [1.82, 2.24) is 0 Å². The van der Waals surface area contributed by atoms with E-state index in [1.807, 2.05) is 21.1 Å². The number of hydrogen-bond donors (Lipinski definition) is 0. The van der Waals surface area contributed by atoms with Crippen molar-refractivity contribution in [1.29, 1.82) is 0 Å². The Morgan fingerprint density at radius 1 is 0.390 bits per heavy atom. The van der Waals surface area contributed by atoms with Crippen LogP contribution < -0.4 is 4.89 Å². The van der Waals surface area contributed by atoms with Gasteiger partial charge in [0.25, 0.3) is 7.82 Å². The van der Waals surface area contributed by atoms with Crippen LogP contribution in [0.4, 0.5) is 0 Å². The van der Waals surface area contributed by atoms with Crippen molar-refractivity contribution >= 4 is 19.8 Å². The Balaban J connectivity index is 4.04. The molecule has 0 aliphatic rings. The molecule has 0 rings (SSSR count). The normalized spacial score (nSPS) is 13.6. The van der Waals surface area contributed by atoms with Gasteiger partial charge in [0, 0.05) is 12.8 Å². The summed E-state index contributed by atoms with van der Waals surface area (Å²) in [6.07, 6.45) is 84.1. The number of phosphoric ester groups is 1. The molecule has 0 aliphatic carbocycles. The van der Waals surface area contributed by atoms with Crippen LogP contribution in [0.5, 0.6) is 0 Å². The second-order valence-electron chi connectivity index (χ2n) is 24.5. The number of allylic oxidation sites excluding steroid dienone is 12. The number of carbonyl (C=O) groups excluding carboxylic acids is 2. The largest absolute Gasteiger partial charge is 0.756 e. The molecule has 82 heavy (non-hydrogen) atoms. The predicted molar refractivity (Wildman–Crippen MR) is 351 cm³/mol. The van der Waals surface area contributed by atoms with Crippen LogP contribution in [0.2, 0.25) is 0 Å². The zero-order valence-electron chi connectivity index (χ0n) is 54.4. The van der Waals surface area contributed by atoms with Gasteiger partial charge in [0.15, 0.2) is 6.10 Å². The summed E-state index contributed by atoms with van der Waals surface area (Å²) in [5.41, 5.74) is 0. The number of quaternary nitrogens is 1. The van der Waals surface area contributed by atoms with Gasteiger partial charge >= 0.3 is 11.9 Å². The summed E-state index contributed by atoms with van der Waals surface area (Å²) in [6, 6.07) is 0. The summed E-state index contributed by atoms with van der Waals surface area (Å²) in [5, 5.41) is 0. The van der Waals surface area contributed by atoms with Crippen LogP contribution in [-0.4, -0.2) is 70.0 Å². The molecule has 0 heterocycles. The molecule has 2 atom stereocenters. The average molecular weight is 1170 g/mol.